The van der Waals surface area contributed by atoms with Crippen LogP contribution in [0.25, 0.3) is 16.5 Å². The predicted molar refractivity (Wildman–Crippen MR) is 110 cm³/mol. The maximum atomic E-state index is 13.3. The fraction of sp³-hybridized carbons (Fsp3) is 0.0500. The van der Waals surface area contributed by atoms with Gasteiger partial charge in [0.1, 0.15) is 5.69 Å². The highest BCUT2D eigenvalue weighted by Crippen LogP contribution is 2.26. The third-order valence-electron chi connectivity index (χ3n) is 4.58. The first-order valence-corrected chi connectivity index (χ1v) is 8.57. The molecule has 0 unspecified atom stereocenters. The molecular weight excluding hydrogens is 356 g/mol. The van der Waals surface area contributed by atoms with E-state index in [9.17, 15) is 9.59 Å². The average molecular weight is 374 g/mol. The summed E-state index contributed by atoms with van der Waals surface area (Å²) in [4.78, 5) is 32.9. The van der Waals surface area contributed by atoms with E-state index in [0.717, 1.165) is 15.3 Å². The monoisotopic (exact) mass is 374 g/mol. The minimum atomic E-state index is -0.571. The van der Waals surface area contributed by atoms with Gasteiger partial charge in [-0.15, -0.1) is 0 Å². The fourth-order valence-corrected chi connectivity index (χ4v) is 3.24. The first kappa shape index (κ1) is 17.5. The lowest BCUT2D eigenvalue weighted by atomic mass is 10.1. The maximum absolute atomic E-state index is 13.3. The molecule has 140 valence electrons. The number of fused-ring (bicyclic) bond motifs is 1. The zero-order chi connectivity index (χ0) is 19.8. The van der Waals surface area contributed by atoms with Crippen LogP contribution in [0.1, 0.15) is 5.69 Å². The molecule has 0 spiro atoms. The van der Waals surface area contributed by atoms with E-state index in [0.29, 0.717) is 22.8 Å². The van der Waals surface area contributed by atoms with Crippen molar-refractivity contribution in [3.63, 3.8) is 0 Å². The largest absolute Gasteiger partial charge is 0.397 e. The van der Waals surface area contributed by atoms with Crippen LogP contribution in [0.4, 0.5) is 17.1 Å². The number of nitrogen functional groups attached to an aromatic ring is 1. The number of H-pyrrole nitrogens is 1. The maximum Gasteiger partial charge on any atom is 0.333 e. The second kappa shape index (κ2) is 6.67. The lowest BCUT2D eigenvalue weighted by Gasteiger charge is -2.22. The first-order chi connectivity index (χ1) is 13.5. The van der Waals surface area contributed by atoms with Gasteiger partial charge in [-0.25, -0.2) is 15.2 Å². The van der Waals surface area contributed by atoms with Crippen LogP contribution >= 0.6 is 0 Å². The van der Waals surface area contributed by atoms with Gasteiger partial charge < -0.3 is 10.7 Å². The summed E-state index contributed by atoms with van der Waals surface area (Å²) in [5.41, 5.74) is 6.56. The Morgan fingerprint density at radius 2 is 1.75 bits per heavy atom. The second-order valence-electron chi connectivity index (χ2n) is 6.35. The van der Waals surface area contributed by atoms with Crippen LogP contribution in [-0.2, 0) is 0 Å². The molecule has 0 saturated carbocycles. The van der Waals surface area contributed by atoms with E-state index in [1.54, 1.807) is 37.4 Å². The van der Waals surface area contributed by atoms with Crippen molar-refractivity contribution in [3.8, 4) is 5.69 Å². The quantitative estimate of drug-likeness (QED) is 0.286. The molecule has 0 amide bonds. The Hall–Kier alpha value is -3.91. The van der Waals surface area contributed by atoms with Crippen LogP contribution in [0.2, 0.25) is 0 Å². The summed E-state index contributed by atoms with van der Waals surface area (Å²) >= 11 is 0. The smallest absolute Gasteiger partial charge is 0.333 e. The van der Waals surface area contributed by atoms with Crippen molar-refractivity contribution < 1.29 is 0 Å². The number of rotatable bonds is 3. The Kier molecular flexibility index (Phi) is 4.17. The number of nitrogens with two attached hydrogens (primary N) is 2. The zero-order valence-corrected chi connectivity index (χ0v) is 15.1. The lowest BCUT2D eigenvalue weighted by Crippen LogP contribution is -2.41. The Bertz CT molecular complexity index is 1300. The van der Waals surface area contributed by atoms with Gasteiger partial charge in [-0.2, -0.15) is 0 Å². The Balaban J connectivity index is 2.01. The fourth-order valence-electron chi connectivity index (χ4n) is 3.24. The molecule has 0 atom stereocenters. The third-order valence-corrected chi connectivity index (χ3v) is 4.58. The molecule has 0 aliphatic carbocycles. The predicted octanol–water partition coefficient (Wildman–Crippen LogP) is 1.98. The van der Waals surface area contributed by atoms with Gasteiger partial charge in [-0.3, -0.25) is 14.8 Å². The molecule has 28 heavy (non-hydrogen) atoms. The number of hydrogen-bond donors (Lipinski definition) is 3. The molecule has 2 heterocycles. The molecular formula is C20H18N6O2. The molecule has 8 heteroatoms. The Morgan fingerprint density at radius 1 is 1.04 bits per heavy atom. The van der Waals surface area contributed by atoms with E-state index in [4.69, 9.17) is 11.6 Å². The van der Waals surface area contributed by atoms with E-state index < -0.39 is 11.2 Å². The number of hydrazine groups is 1. The van der Waals surface area contributed by atoms with Gasteiger partial charge in [-0.1, -0.05) is 36.4 Å². The number of nitrogens with one attached hydrogen (secondary N) is 1. The van der Waals surface area contributed by atoms with Crippen LogP contribution in [0, 0.1) is 6.92 Å². The summed E-state index contributed by atoms with van der Waals surface area (Å²) in [5.74, 6) is 6.23. The SMILES string of the molecule is Cc1[nH]c(=O)n(-c2cncc3ccccc23)c(=O)c1N(N)c1ccccc1N. The van der Waals surface area contributed by atoms with E-state index in [1.807, 2.05) is 24.3 Å². The highest BCUT2D eigenvalue weighted by atomic mass is 16.2. The molecule has 4 rings (SSSR count). The molecule has 0 radical (unpaired) electrons. The number of pyridine rings is 1. The number of nitrogens with zero attached hydrogens (tertiary/aromatic N) is 3. The van der Waals surface area contributed by atoms with Crippen molar-refractivity contribution in [2.24, 2.45) is 5.84 Å². The number of anilines is 3. The van der Waals surface area contributed by atoms with E-state index in [-0.39, 0.29) is 5.69 Å². The van der Waals surface area contributed by atoms with Crippen LogP contribution < -0.4 is 27.8 Å². The van der Waals surface area contributed by atoms with Crippen molar-refractivity contribution in [2.75, 3.05) is 10.7 Å². The number of para-hydroxylation sites is 2. The van der Waals surface area contributed by atoms with Crippen molar-refractivity contribution in [3.05, 3.63) is 87.5 Å². The van der Waals surface area contributed by atoms with Gasteiger partial charge in [0.2, 0.25) is 0 Å². The lowest BCUT2D eigenvalue weighted by molar-refractivity contribution is 0.844. The summed E-state index contributed by atoms with van der Waals surface area (Å²) in [6.45, 7) is 1.61. The highest BCUT2D eigenvalue weighted by Gasteiger charge is 2.20. The number of hydrogen-bond acceptors (Lipinski definition) is 6. The van der Waals surface area contributed by atoms with E-state index in [1.165, 1.54) is 11.2 Å². The molecule has 4 aromatic rings. The molecule has 0 fully saturated rings. The van der Waals surface area contributed by atoms with E-state index in [2.05, 4.69) is 9.97 Å². The van der Waals surface area contributed by atoms with Gasteiger partial charge in [0.05, 0.1) is 23.3 Å². The molecule has 0 aliphatic rings. The molecule has 0 bridgehead atoms. The topological polar surface area (TPSA) is 123 Å². The first-order valence-electron chi connectivity index (χ1n) is 8.57. The van der Waals surface area contributed by atoms with Gasteiger partial charge in [-0.05, 0) is 19.1 Å². The van der Waals surface area contributed by atoms with Crippen LogP contribution in [0.3, 0.4) is 0 Å². The van der Waals surface area contributed by atoms with Gasteiger partial charge in [0.25, 0.3) is 5.56 Å². The number of aromatic nitrogens is 3. The van der Waals surface area contributed by atoms with Crippen LogP contribution in [0.5, 0.6) is 0 Å². The van der Waals surface area contributed by atoms with Crippen molar-refractivity contribution in [1.29, 1.82) is 0 Å². The average Bonchev–Trinajstić information content (AvgIpc) is 2.68. The number of aryl methyl sites for hydroxylation is 1. The van der Waals surface area contributed by atoms with Crippen LogP contribution in [-0.4, -0.2) is 14.5 Å². The molecule has 5 N–H and O–H groups in total. The Morgan fingerprint density at radius 3 is 2.54 bits per heavy atom. The van der Waals surface area contributed by atoms with Gasteiger partial charge in [0.15, 0.2) is 0 Å². The minimum Gasteiger partial charge on any atom is -0.397 e. The van der Waals surface area contributed by atoms with Gasteiger partial charge >= 0.3 is 5.69 Å². The molecule has 0 saturated heterocycles. The van der Waals surface area contributed by atoms with Crippen molar-refractivity contribution in [2.45, 2.75) is 6.92 Å². The summed E-state index contributed by atoms with van der Waals surface area (Å²) < 4.78 is 1.04. The molecule has 8 nitrogen and oxygen atoms in total. The highest BCUT2D eigenvalue weighted by molar-refractivity contribution is 5.89. The van der Waals surface area contributed by atoms with Crippen LogP contribution in [0.15, 0.2) is 70.5 Å². The van der Waals surface area contributed by atoms with Crippen molar-refractivity contribution >= 4 is 27.8 Å². The summed E-state index contributed by atoms with van der Waals surface area (Å²) in [6.07, 6.45) is 3.16. The zero-order valence-electron chi connectivity index (χ0n) is 15.1. The van der Waals surface area contributed by atoms with Gasteiger partial charge in [0, 0.05) is 22.7 Å². The standard InChI is InChI=1S/C20H18N6O2/c1-12-18(26(22)16-9-5-4-8-15(16)21)19(27)25(20(28)24-12)17-11-23-10-13-6-2-3-7-14(13)17/h2-11H,21-22H2,1H3,(H,24,28). The number of aromatic amines is 1. The third kappa shape index (κ3) is 2.72. The Labute approximate surface area is 159 Å². The van der Waals surface area contributed by atoms with E-state index >= 15 is 0 Å². The normalized spacial score (nSPS) is 10.9. The summed E-state index contributed by atoms with van der Waals surface area (Å²) in [6, 6.07) is 14.3. The molecule has 2 aromatic carbocycles. The molecule has 0 aliphatic heterocycles. The minimum absolute atomic E-state index is 0.116. The summed E-state index contributed by atoms with van der Waals surface area (Å²) in [5, 5.41) is 2.73. The molecule has 2 aromatic heterocycles. The second-order valence-corrected chi connectivity index (χ2v) is 6.35. The number of benzene rings is 2. The van der Waals surface area contributed by atoms with Crippen molar-refractivity contribution in [1.82, 2.24) is 14.5 Å². The summed E-state index contributed by atoms with van der Waals surface area (Å²) in [7, 11) is 0.